The molecule has 13 heavy (non-hydrogen) atoms. The van der Waals surface area contributed by atoms with E-state index in [1.807, 2.05) is 12.3 Å². The Hall–Kier alpha value is -0.770. The lowest BCUT2D eigenvalue weighted by Gasteiger charge is -2.31. The fourth-order valence-corrected chi connectivity index (χ4v) is 2.69. The Bertz CT molecular complexity index is 256. The monoisotopic (exact) mass is 196 g/mol. The number of nitrogens with zero attached hydrogens (tertiary/aromatic N) is 1. The maximum atomic E-state index is 10.4. The highest BCUT2D eigenvalue weighted by Gasteiger charge is 2.30. The molecule has 0 aromatic rings. The van der Waals surface area contributed by atoms with Crippen LogP contribution in [-0.2, 0) is 4.79 Å². The van der Waals surface area contributed by atoms with Crippen molar-refractivity contribution in [3.05, 3.63) is 12.3 Å². The Kier molecular flexibility index (Phi) is 2.68. The van der Waals surface area contributed by atoms with Gasteiger partial charge in [0, 0.05) is 17.4 Å². The van der Waals surface area contributed by atoms with Crippen molar-refractivity contribution in [3.63, 3.8) is 0 Å². The molecule has 1 aliphatic heterocycles. The number of thioether (sulfide) groups is 1. The van der Waals surface area contributed by atoms with E-state index in [4.69, 9.17) is 0 Å². The smallest absolute Gasteiger partial charge is 0.161 e. The van der Waals surface area contributed by atoms with Crippen LogP contribution >= 0.6 is 11.8 Å². The van der Waals surface area contributed by atoms with Crippen LogP contribution in [0.3, 0.4) is 0 Å². The van der Waals surface area contributed by atoms with Crippen LogP contribution in [0.1, 0.15) is 12.8 Å². The molecule has 3 nitrogen and oxygen atoms in total. The molecular weight excluding hydrogens is 184 g/mol. The maximum Gasteiger partial charge on any atom is 0.161 e. The van der Waals surface area contributed by atoms with Gasteiger partial charge in [0.15, 0.2) is 5.17 Å². The average molecular weight is 196 g/mol. The van der Waals surface area contributed by atoms with Gasteiger partial charge in [0.2, 0.25) is 0 Å². The van der Waals surface area contributed by atoms with Gasteiger partial charge in [-0.25, -0.2) is 0 Å². The second-order valence-corrected chi connectivity index (χ2v) is 4.59. The molecule has 0 bridgehead atoms. The average Bonchev–Trinajstić information content (AvgIpc) is 2.12. The molecule has 4 heteroatoms. The highest BCUT2D eigenvalue weighted by Crippen LogP contribution is 2.35. The summed E-state index contributed by atoms with van der Waals surface area (Å²) in [5.74, 6) is 0.303. The van der Waals surface area contributed by atoms with Crippen LogP contribution in [0.25, 0.3) is 0 Å². The summed E-state index contributed by atoms with van der Waals surface area (Å²) in [5, 5.41) is 4.68. The Morgan fingerprint density at radius 2 is 2.46 bits per heavy atom. The summed E-state index contributed by atoms with van der Waals surface area (Å²) in [5.41, 5.74) is 0. The molecule has 0 spiro atoms. The SMILES string of the molecule is O=CC1CC(SC2=NCC=CN2)C1. The van der Waals surface area contributed by atoms with E-state index in [2.05, 4.69) is 10.3 Å². The lowest BCUT2D eigenvalue weighted by atomic mass is 9.86. The molecule has 70 valence electrons. The molecule has 0 amide bonds. The van der Waals surface area contributed by atoms with Crippen molar-refractivity contribution in [1.29, 1.82) is 0 Å². The van der Waals surface area contributed by atoms with E-state index < -0.39 is 0 Å². The number of rotatable bonds is 2. The minimum Gasteiger partial charge on any atom is -0.342 e. The van der Waals surface area contributed by atoms with Gasteiger partial charge in [-0.3, -0.25) is 4.99 Å². The molecular formula is C9H12N2OS. The summed E-state index contributed by atoms with van der Waals surface area (Å²) in [6.07, 6.45) is 6.99. The number of nitrogens with one attached hydrogen (secondary N) is 1. The van der Waals surface area contributed by atoms with E-state index in [0.29, 0.717) is 11.2 Å². The molecule has 1 saturated carbocycles. The lowest BCUT2D eigenvalue weighted by Crippen LogP contribution is -2.30. The maximum absolute atomic E-state index is 10.4. The third-order valence-electron chi connectivity index (χ3n) is 2.27. The Labute approximate surface area is 81.7 Å². The first-order valence-corrected chi connectivity index (χ1v) is 5.34. The second kappa shape index (κ2) is 3.96. The topological polar surface area (TPSA) is 41.5 Å². The minimum atomic E-state index is 0.303. The molecule has 0 saturated heterocycles. The van der Waals surface area contributed by atoms with Crippen LogP contribution in [0, 0.1) is 5.92 Å². The summed E-state index contributed by atoms with van der Waals surface area (Å²) in [7, 11) is 0. The van der Waals surface area contributed by atoms with Crippen molar-refractivity contribution >= 4 is 23.2 Å². The van der Waals surface area contributed by atoms with E-state index in [9.17, 15) is 4.79 Å². The minimum absolute atomic E-state index is 0.303. The predicted molar refractivity (Wildman–Crippen MR) is 54.7 cm³/mol. The van der Waals surface area contributed by atoms with Crippen molar-refractivity contribution in [1.82, 2.24) is 5.32 Å². The van der Waals surface area contributed by atoms with Gasteiger partial charge >= 0.3 is 0 Å². The summed E-state index contributed by atoms with van der Waals surface area (Å²) in [6, 6.07) is 0. The van der Waals surface area contributed by atoms with Crippen molar-refractivity contribution in [2.45, 2.75) is 18.1 Å². The normalized spacial score (nSPS) is 31.5. The number of aliphatic imine (C=N–C) groups is 1. The van der Waals surface area contributed by atoms with Crippen LogP contribution < -0.4 is 5.32 Å². The zero-order valence-electron chi connectivity index (χ0n) is 7.27. The van der Waals surface area contributed by atoms with Crippen molar-refractivity contribution in [2.75, 3.05) is 6.54 Å². The molecule has 1 fully saturated rings. The molecule has 0 radical (unpaired) electrons. The summed E-state index contributed by atoms with van der Waals surface area (Å²) < 4.78 is 0. The van der Waals surface area contributed by atoms with Crippen molar-refractivity contribution in [2.24, 2.45) is 10.9 Å². The number of carbonyl (C=O) groups is 1. The summed E-state index contributed by atoms with van der Waals surface area (Å²) >= 11 is 1.76. The van der Waals surface area contributed by atoms with Gasteiger partial charge in [-0.15, -0.1) is 0 Å². The summed E-state index contributed by atoms with van der Waals surface area (Å²) in [4.78, 5) is 14.7. The highest BCUT2D eigenvalue weighted by molar-refractivity contribution is 8.14. The van der Waals surface area contributed by atoms with Crippen LogP contribution in [0.2, 0.25) is 0 Å². The number of carbonyl (C=O) groups excluding carboxylic acids is 1. The highest BCUT2D eigenvalue weighted by atomic mass is 32.2. The van der Waals surface area contributed by atoms with Crippen LogP contribution in [0.15, 0.2) is 17.3 Å². The number of hydrogen-bond donors (Lipinski definition) is 1. The summed E-state index contributed by atoms with van der Waals surface area (Å²) in [6.45, 7) is 0.777. The second-order valence-electron chi connectivity index (χ2n) is 3.30. The fraction of sp³-hybridized carbons (Fsp3) is 0.556. The molecule has 0 aromatic carbocycles. The van der Waals surface area contributed by atoms with E-state index >= 15 is 0 Å². The van der Waals surface area contributed by atoms with Gasteiger partial charge in [0.05, 0.1) is 6.54 Å². The predicted octanol–water partition coefficient (Wildman–Crippen LogP) is 1.17. The van der Waals surface area contributed by atoms with Gasteiger partial charge in [0.1, 0.15) is 6.29 Å². The largest absolute Gasteiger partial charge is 0.342 e. The number of aldehydes is 1. The Morgan fingerprint density at radius 1 is 1.62 bits per heavy atom. The molecule has 1 heterocycles. The van der Waals surface area contributed by atoms with Gasteiger partial charge in [0.25, 0.3) is 0 Å². The number of hydrogen-bond acceptors (Lipinski definition) is 4. The van der Waals surface area contributed by atoms with E-state index in [0.717, 1.165) is 30.8 Å². The standard InChI is InChI=1S/C9H12N2OS/c12-6-7-4-8(5-7)13-9-10-2-1-3-11-9/h1-2,6-8H,3-5H2,(H,10,11). The molecule has 0 atom stereocenters. The fourth-order valence-electron chi connectivity index (χ4n) is 1.41. The van der Waals surface area contributed by atoms with E-state index in [1.54, 1.807) is 11.8 Å². The van der Waals surface area contributed by atoms with E-state index in [-0.39, 0.29) is 0 Å². The molecule has 0 aromatic heterocycles. The molecule has 0 unspecified atom stereocenters. The van der Waals surface area contributed by atoms with Crippen LogP contribution in [-0.4, -0.2) is 23.2 Å². The zero-order valence-corrected chi connectivity index (χ0v) is 8.09. The van der Waals surface area contributed by atoms with Crippen molar-refractivity contribution < 1.29 is 4.79 Å². The van der Waals surface area contributed by atoms with Crippen LogP contribution in [0.5, 0.6) is 0 Å². The Morgan fingerprint density at radius 3 is 3.08 bits per heavy atom. The number of amidine groups is 1. The van der Waals surface area contributed by atoms with Crippen molar-refractivity contribution in [3.8, 4) is 0 Å². The van der Waals surface area contributed by atoms with E-state index in [1.165, 1.54) is 0 Å². The molecule has 1 N–H and O–H groups in total. The first-order chi connectivity index (χ1) is 6.38. The molecule has 2 rings (SSSR count). The van der Waals surface area contributed by atoms with Gasteiger partial charge < -0.3 is 10.1 Å². The molecule has 1 aliphatic carbocycles. The third kappa shape index (κ3) is 2.12. The first-order valence-electron chi connectivity index (χ1n) is 4.46. The Balaban J connectivity index is 1.74. The van der Waals surface area contributed by atoms with Crippen LogP contribution in [0.4, 0.5) is 0 Å². The lowest BCUT2D eigenvalue weighted by molar-refractivity contribution is -0.112. The molecule has 2 aliphatic rings. The third-order valence-corrected chi connectivity index (χ3v) is 3.46. The zero-order chi connectivity index (χ0) is 9.10. The van der Waals surface area contributed by atoms with Gasteiger partial charge in [-0.2, -0.15) is 0 Å². The van der Waals surface area contributed by atoms with Gasteiger partial charge in [-0.05, 0) is 18.9 Å². The quantitative estimate of drug-likeness (QED) is 0.674. The van der Waals surface area contributed by atoms with Gasteiger partial charge in [-0.1, -0.05) is 11.8 Å². The first kappa shape index (κ1) is 8.81.